The molecule has 0 aliphatic rings. The third-order valence-electron chi connectivity index (χ3n) is 2.15. The number of carbonyl (C=O) groups excluding carboxylic acids is 1. The van der Waals surface area contributed by atoms with E-state index in [-0.39, 0.29) is 17.6 Å². The molecule has 0 amide bonds. The Labute approximate surface area is 104 Å². The van der Waals surface area contributed by atoms with Crippen LogP contribution >= 0.6 is 11.8 Å². The van der Waals surface area contributed by atoms with Gasteiger partial charge >= 0.3 is 11.9 Å². The van der Waals surface area contributed by atoms with E-state index >= 15 is 0 Å². The Hall–Kier alpha value is -1.49. The van der Waals surface area contributed by atoms with Crippen molar-refractivity contribution in [2.45, 2.75) is 23.5 Å². The first kappa shape index (κ1) is 13.6. The van der Waals surface area contributed by atoms with Crippen LogP contribution in [0.4, 0.5) is 0 Å². The summed E-state index contributed by atoms with van der Waals surface area (Å²) < 4.78 is 4.63. The van der Waals surface area contributed by atoms with Crippen molar-refractivity contribution in [1.29, 1.82) is 0 Å². The number of methoxy groups -OCH3 is 1. The number of ether oxygens (including phenoxy) is 1. The lowest BCUT2D eigenvalue weighted by molar-refractivity contribution is -0.139. The molecule has 92 valence electrons. The summed E-state index contributed by atoms with van der Waals surface area (Å²) in [5.41, 5.74) is 0.709. The molecule has 0 saturated carbocycles. The standard InChI is InChI=1S/C12H14O4S/c1-8(12(15)16-2)17-10-6-4-3-5-9(10)7-11(13)14/h3-6,8H,7H2,1-2H3,(H,13,14). The van der Waals surface area contributed by atoms with Crippen molar-refractivity contribution in [3.63, 3.8) is 0 Å². The summed E-state index contributed by atoms with van der Waals surface area (Å²) in [6.07, 6.45) is -0.0446. The van der Waals surface area contributed by atoms with Crippen molar-refractivity contribution in [2.75, 3.05) is 7.11 Å². The highest BCUT2D eigenvalue weighted by Crippen LogP contribution is 2.27. The molecule has 0 fully saturated rings. The first-order valence-corrected chi connectivity index (χ1v) is 5.96. The van der Waals surface area contributed by atoms with E-state index in [9.17, 15) is 9.59 Å². The number of carbonyl (C=O) groups is 2. The number of thioether (sulfide) groups is 1. The lowest BCUT2D eigenvalue weighted by Gasteiger charge is -2.11. The molecule has 1 aromatic rings. The zero-order valence-electron chi connectivity index (χ0n) is 9.67. The molecule has 0 radical (unpaired) electrons. The fourth-order valence-electron chi connectivity index (χ4n) is 1.33. The van der Waals surface area contributed by atoms with Crippen LogP contribution in [0.1, 0.15) is 12.5 Å². The molecule has 0 heterocycles. The van der Waals surface area contributed by atoms with Gasteiger partial charge in [-0.05, 0) is 18.6 Å². The van der Waals surface area contributed by atoms with Crippen LogP contribution < -0.4 is 0 Å². The number of esters is 1. The highest BCUT2D eigenvalue weighted by atomic mass is 32.2. The van der Waals surface area contributed by atoms with E-state index in [0.29, 0.717) is 5.56 Å². The van der Waals surface area contributed by atoms with Gasteiger partial charge in [0.2, 0.25) is 0 Å². The number of aliphatic carboxylic acids is 1. The molecular formula is C12H14O4S. The monoisotopic (exact) mass is 254 g/mol. The zero-order chi connectivity index (χ0) is 12.8. The molecule has 0 aliphatic carbocycles. The van der Waals surface area contributed by atoms with Crippen LogP contribution in [0.5, 0.6) is 0 Å². The van der Waals surface area contributed by atoms with E-state index in [1.165, 1.54) is 18.9 Å². The summed E-state index contributed by atoms with van der Waals surface area (Å²) in [4.78, 5) is 22.8. The Morgan fingerprint density at radius 2 is 2.06 bits per heavy atom. The molecule has 0 bridgehead atoms. The topological polar surface area (TPSA) is 63.6 Å². The molecule has 0 saturated heterocycles. The van der Waals surface area contributed by atoms with Crippen LogP contribution in [-0.4, -0.2) is 29.4 Å². The van der Waals surface area contributed by atoms with Crippen LogP contribution in [0.2, 0.25) is 0 Å². The summed E-state index contributed by atoms with van der Waals surface area (Å²) in [6, 6.07) is 7.16. The molecule has 4 nitrogen and oxygen atoms in total. The van der Waals surface area contributed by atoms with Crippen molar-refractivity contribution in [1.82, 2.24) is 0 Å². The minimum atomic E-state index is -0.885. The molecular weight excluding hydrogens is 240 g/mol. The zero-order valence-corrected chi connectivity index (χ0v) is 10.5. The first-order chi connectivity index (χ1) is 8.04. The Morgan fingerprint density at radius 3 is 2.65 bits per heavy atom. The highest BCUT2D eigenvalue weighted by molar-refractivity contribution is 8.00. The van der Waals surface area contributed by atoms with Gasteiger partial charge in [0.05, 0.1) is 13.5 Å². The molecule has 1 unspecified atom stereocenters. The van der Waals surface area contributed by atoms with Crippen molar-refractivity contribution in [2.24, 2.45) is 0 Å². The number of carboxylic acid groups (broad SMARTS) is 1. The summed E-state index contributed by atoms with van der Waals surface area (Å²) in [6.45, 7) is 1.73. The predicted octanol–water partition coefficient (Wildman–Crippen LogP) is 1.97. The molecule has 17 heavy (non-hydrogen) atoms. The Bertz CT molecular complexity index is 417. The average molecular weight is 254 g/mol. The van der Waals surface area contributed by atoms with E-state index in [1.807, 2.05) is 12.1 Å². The fraction of sp³-hybridized carbons (Fsp3) is 0.333. The van der Waals surface area contributed by atoms with Gasteiger partial charge < -0.3 is 9.84 Å². The first-order valence-electron chi connectivity index (χ1n) is 5.08. The quantitative estimate of drug-likeness (QED) is 0.643. The summed E-state index contributed by atoms with van der Waals surface area (Å²) in [5, 5.41) is 8.43. The summed E-state index contributed by atoms with van der Waals surface area (Å²) >= 11 is 1.31. The SMILES string of the molecule is COC(=O)C(C)Sc1ccccc1CC(=O)O. The van der Waals surface area contributed by atoms with Crippen LogP contribution in [0.3, 0.4) is 0 Å². The third kappa shape index (κ3) is 4.11. The third-order valence-corrected chi connectivity index (χ3v) is 3.35. The highest BCUT2D eigenvalue weighted by Gasteiger charge is 2.16. The van der Waals surface area contributed by atoms with Gasteiger partial charge in [-0.1, -0.05) is 18.2 Å². The molecule has 0 aromatic heterocycles. The second-order valence-electron chi connectivity index (χ2n) is 3.46. The van der Waals surface area contributed by atoms with E-state index in [4.69, 9.17) is 5.11 Å². The number of rotatable bonds is 5. The summed E-state index contributed by atoms with van der Waals surface area (Å²) in [5.74, 6) is -1.20. The minimum absolute atomic E-state index is 0.0446. The maximum Gasteiger partial charge on any atom is 0.318 e. The fourth-order valence-corrected chi connectivity index (χ4v) is 2.35. The Balaban J connectivity index is 2.83. The van der Waals surface area contributed by atoms with Gasteiger partial charge in [0.25, 0.3) is 0 Å². The second-order valence-corrected chi connectivity index (χ2v) is 4.84. The molecule has 1 N–H and O–H groups in total. The predicted molar refractivity (Wildman–Crippen MR) is 65.1 cm³/mol. The van der Waals surface area contributed by atoms with Crippen LogP contribution in [-0.2, 0) is 20.7 Å². The maximum atomic E-state index is 11.3. The molecule has 1 rings (SSSR count). The van der Waals surface area contributed by atoms with Crippen molar-refractivity contribution in [3.8, 4) is 0 Å². The van der Waals surface area contributed by atoms with E-state index in [1.54, 1.807) is 19.1 Å². The van der Waals surface area contributed by atoms with Gasteiger partial charge in [-0.25, -0.2) is 0 Å². The average Bonchev–Trinajstić information content (AvgIpc) is 2.29. The number of hydrogen-bond acceptors (Lipinski definition) is 4. The van der Waals surface area contributed by atoms with E-state index in [0.717, 1.165) is 4.90 Å². The van der Waals surface area contributed by atoms with Crippen LogP contribution in [0, 0.1) is 0 Å². The van der Waals surface area contributed by atoms with Crippen LogP contribution in [0.15, 0.2) is 29.2 Å². The smallest absolute Gasteiger partial charge is 0.318 e. The van der Waals surface area contributed by atoms with Gasteiger partial charge in [-0.3, -0.25) is 9.59 Å². The molecule has 5 heteroatoms. The maximum absolute atomic E-state index is 11.3. The van der Waals surface area contributed by atoms with Gasteiger partial charge in [0.1, 0.15) is 5.25 Å². The molecule has 0 spiro atoms. The van der Waals surface area contributed by atoms with Crippen molar-refractivity contribution in [3.05, 3.63) is 29.8 Å². The van der Waals surface area contributed by atoms with Gasteiger partial charge in [0, 0.05) is 4.90 Å². The lowest BCUT2D eigenvalue weighted by atomic mass is 10.1. The Morgan fingerprint density at radius 1 is 1.41 bits per heavy atom. The van der Waals surface area contributed by atoms with E-state index < -0.39 is 5.97 Å². The number of hydrogen-bond donors (Lipinski definition) is 1. The van der Waals surface area contributed by atoms with Gasteiger partial charge in [0.15, 0.2) is 0 Å². The molecule has 1 aromatic carbocycles. The lowest BCUT2D eigenvalue weighted by Crippen LogP contribution is -2.15. The largest absolute Gasteiger partial charge is 0.481 e. The van der Waals surface area contributed by atoms with Crippen molar-refractivity contribution < 1.29 is 19.4 Å². The normalized spacial score (nSPS) is 11.9. The van der Waals surface area contributed by atoms with Crippen LogP contribution in [0.25, 0.3) is 0 Å². The minimum Gasteiger partial charge on any atom is -0.481 e. The second kappa shape index (κ2) is 6.30. The van der Waals surface area contributed by atoms with Crippen molar-refractivity contribution >= 4 is 23.7 Å². The summed E-state index contributed by atoms with van der Waals surface area (Å²) in [7, 11) is 1.34. The van der Waals surface area contributed by atoms with Gasteiger partial charge in [-0.15, -0.1) is 11.8 Å². The van der Waals surface area contributed by atoms with Gasteiger partial charge in [-0.2, -0.15) is 0 Å². The number of carboxylic acids is 1. The number of benzene rings is 1. The molecule has 0 aliphatic heterocycles. The Kier molecular flexibility index (Phi) is 5.03. The molecule has 1 atom stereocenters. The van der Waals surface area contributed by atoms with E-state index in [2.05, 4.69) is 4.74 Å².